The number of nitrogens with zero attached hydrogens (tertiary/aromatic N) is 2. The molecule has 0 amide bonds. The summed E-state index contributed by atoms with van der Waals surface area (Å²) in [5.74, 6) is 0. The zero-order chi connectivity index (χ0) is 13.7. The second-order valence-corrected chi connectivity index (χ2v) is 5.53. The molecule has 0 bridgehead atoms. The summed E-state index contributed by atoms with van der Waals surface area (Å²) in [5, 5.41) is 14.1. The molecular formula is C12H18BrN3O2. The van der Waals surface area contributed by atoms with Gasteiger partial charge >= 0.3 is 0 Å². The zero-order valence-corrected chi connectivity index (χ0v) is 12.4. The van der Waals surface area contributed by atoms with Gasteiger partial charge in [0.2, 0.25) is 0 Å². The van der Waals surface area contributed by atoms with Crippen LogP contribution < -0.4 is 5.32 Å². The molecule has 0 spiro atoms. The van der Waals surface area contributed by atoms with E-state index in [-0.39, 0.29) is 10.6 Å². The van der Waals surface area contributed by atoms with Gasteiger partial charge in [0.25, 0.3) is 5.69 Å². The summed E-state index contributed by atoms with van der Waals surface area (Å²) in [5.41, 5.74) is 1.02. The molecule has 0 saturated carbocycles. The van der Waals surface area contributed by atoms with Crippen LogP contribution in [0.3, 0.4) is 0 Å². The number of halogens is 1. The van der Waals surface area contributed by atoms with E-state index in [2.05, 4.69) is 33.1 Å². The van der Waals surface area contributed by atoms with E-state index in [9.17, 15) is 10.1 Å². The lowest BCUT2D eigenvalue weighted by Gasteiger charge is -2.18. The van der Waals surface area contributed by atoms with Crippen molar-refractivity contribution in [3.05, 3.63) is 38.3 Å². The SMILES string of the molecule is CC(CN(C)C)NCc1cc(Br)cc([N+](=O)[O-])c1. The number of non-ortho nitro benzene ring substituents is 1. The van der Waals surface area contributed by atoms with Gasteiger partial charge < -0.3 is 10.2 Å². The Morgan fingerprint density at radius 1 is 1.44 bits per heavy atom. The van der Waals surface area contributed by atoms with Gasteiger partial charge in [-0.15, -0.1) is 0 Å². The largest absolute Gasteiger partial charge is 0.309 e. The van der Waals surface area contributed by atoms with Crippen LogP contribution in [0.4, 0.5) is 5.69 Å². The lowest BCUT2D eigenvalue weighted by atomic mass is 10.2. The number of nitrogens with one attached hydrogen (secondary N) is 1. The van der Waals surface area contributed by atoms with E-state index in [0.717, 1.165) is 16.6 Å². The summed E-state index contributed by atoms with van der Waals surface area (Å²) < 4.78 is 0.730. The maximum absolute atomic E-state index is 10.7. The highest BCUT2D eigenvalue weighted by Crippen LogP contribution is 2.21. The number of hydrogen-bond acceptors (Lipinski definition) is 4. The molecule has 0 heterocycles. The van der Waals surface area contributed by atoms with Crippen LogP contribution >= 0.6 is 15.9 Å². The van der Waals surface area contributed by atoms with Crippen LogP contribution in [-0.2, 0) is 6.54 Å². The molecule has 0 aliphatic rings. The molecule has 1 unspecified atom stereocenters. The summed E-state index contributed by atoms with van der Waals surface area (Å²) in [6.07, 6.45) is 0. The molecular weight excluding hydrogens is 298 g/mol. The lowest BCUT2D eigenvalue weighted by molar-refractivity contribution is -0.385. The van der Waals surface area contributed by atoms with E-state index in [4.69, 9.17) is 0 Å². The Kier molecular flexibility index (Phi) is 5.71. The molecule has 1 aromatic carbocycles. The van der Waals surface area contributed by atoms with Crippen LogP contribution in [0.1, 0.15) is 12.5 Å². The van der Waals surface area contributed by atoms with Gasteiger partial charge in [-0.1, -0.05) is 15.9 Å². The molecule has 0 aliphatic heterocycles. The Morgan fingerprint density at radius 3 is 2.67 bits per heavy atom. The maximum Gasteiger partial charge on any atom is 0.270 e. The number of hydrogen-bond donors (Lipinski definition) is 1. The minimum atomic E-state index is -0.377. The van der Waals surface area contributed by atoms with Crippen LogP contribution in [0, 0.1) is 10.1 Å². The van der Waals surface area contributed by atoms with Gasteiger partial charge in [0.05, 0.1) is 4.92 Å². The van der Waals surface area contributed by atoms with Crippen LogP contribution in [0.25, 0.3) is 0 Å². The molecule has 6 heteroatoms. The molecule has 0 fully saturated rings. The van der Waals surface area contributed by atoms with E-state index in [0.29, 0.717) is 12.6 Å². The molecule has 0 radical (unpaired) electrons. The maximum atomic E-state index is 10.7. The van der Waals surface area contributed by atoms with Crippen molar-refractivity contribution < 1.29 is 4.92 Å². The number of rotatable bonds is 6. The fourth-order valence-electron chi connectivity index (χ4n) is 1.75. The van der Waals surface area contributed by atoms with Crippen LogP contribution in [-0.4, -0.2) is 36.5 Å². The summed E-state index contributed by atoms with van der Waals surface area (Å²) in [7, 11) is 4.03. The first-order valence-electron chi connectivity index (χ1n) is 5.70. The predicted molar refractivity (Wildman–Crippen MR) is 75.7 cm³/mol. The Balaban J connectivity index is 2.64. The standard InChI is InChI=1S/C12H18BrN3O2/c1-9(8-15(2)3)14-7-10-4-11(13)6-12(5-10)16(17)18/h4-6,9,14H,7-8H2,1-3H3. The molecule has 1 aromatic rings. The minimum absolute atomic E-state index is 0.112. The summed E-state index contributed by atoms with van der Waals surface area (Å²) >= 11 is 3.29. The van der Waals surface area contributed by atoms with E-state index in [1.54, 1.807) is 6.07 Å². The average molecular weight is 316 g/mol. The summed E-state index contributed by atoms with van der Waals surface area (Å²) in [4.78, 5) is 12.5. The normalized spacial score (nSPS) is 12.7. The Labute approximate surface area is 115 Å². The summed E-state index contributed by atoms with van der Waals surface area (Å²) in [6, 6.07) is 5.33. The molecule has 0 aromatic heterocycles. The molecule has 1 atom stereocenters. The molecule has 18 heavy (non-hydrogen) atoms. The fraction of sp³-hybridized carbons (Fsp3) is 0.500. The highest BCUT2D eigenvalue weighted by molar-refractivity contribution is 9.10. The van der Waals surface area contributed by atoms with Crippen LogP contribution in [0.5, 0.6) is 0 Å². The van der Waals surface area contributed by atoms with Gasteiger partial charge in [-0.25, -0.2) is 0 Å². The third kappa shape index (κ3) is 5.12. The van der Waals surface area contributed by atoms with Gasteiger partial charge in [0.15, 0.2) is 0 Å². The molecule has 5 nitrogen and oxygen atoms in total. The summed E-state index contributed by atoms with van der Waals surface area (Å²) in [6.45, 7) is 3.64. The molecule has 0 saturated heterocycles. The first kappa shape index (κ1) is 15.1. The number of nitro benzene ring substituents is 1. The third-order valence-corrected chi connectivity index (χ3v) is 2.90. The van der Waals surface area contributed by atoms with Gasteiger partial charge in [-0.2, -0.15) is 0 Å². The van der Waals surface area contributed by atoms with Crippen molar-refractivity contribution in [2.75, 3.05) is 20.6 Å². The molecule has 100 valence electrons. The van der Waals surface area contributed by atoms with Crippen molar-refractivity contribution in [1.82, 2.24) is 10.2 Å². The zero-order valence-electron chi connectivity index (χ0n) is 10.8. The average Bonchev–Trinajstić information content (AvgIpc) is 2.24. The second-order valence-electron chi connectivity index (χ2n) is 4.62. The molecule has 0 aliphatic carbocycles. The van der Waals surface area contributed by atoms with Crippen molar-refractivity contribution >= 4 is 21.6 Å². The fourth-order valence-corrected chi connectivity index (χ4v) is 2.27. The van der Waals surface area contributed by atoms with Gasteiger partial charge in [-0.05, 0) is 32.6 Å². The van der Waals surface area contributed by atoms with Crippen molar-refractivity contribution in [2.24, 2.45) is 0 Å². The lowest BCUT2D eigenvalue weighted by Crippen LogP contribution is -2.35. The first-order valence-corrected chi connectivity index (χ1v) is 6.49. The molecule has 1 rings (SSSR count). The smallest absolute Gasteiger partial charge is 0.270 e. The van der Waals surface area contributed by atoms with Gasteiger partial charge in [-0.3, -0.25) is 10.1 Å². The van der Waals surface area contributed by atoms with E-state index in [1.807, 2.05) is 20.2 Å². The Bertz CT molecular complexity index is 424. The van der Waals surface area contributed by atoms with Crippen molar-refractivity contribution in [3.8, 4) is 0 Å². The predicted octanol–water partition coefficient (Wildman–Crippen LogP) is 2.40. The number of likely N-dealkylation sites (N-methyl/N-ethyl adjacent to an activating group) is 1. The third-order valence-electron chi connectivity index (χ3n) is 2.45. The molecule has 1 N–H and O–H groups in total. The van der Waals surface area contributed by atoms with Crippen molar-refractivity contribution in [2.45, 2.75) is 19.5 Å². The Morgan fingerprint density at radius 2 is 2.11 bits per heavy atom. The highest BCUT2D eigenvalue weighted by atomic mass is 79.9. The van der Waals surface area contributed by atoms with Crippen LogP contribution in [0.2, 0.25) is 0 Å². The van der Waals surface area contributed by atoms with Crippen molar-refractivity contribution in [3.63, 3.8) is 0 Å². The van der Waals surface area contributed by atoms with E-state index < -0.39 is 0 Å². The number of benzene rings is 1. The number of nitro groups is 1. The first-order chi connectivity index (χ1) is 8.38. The quantitative estimate of drug-likeness (QED) is 0.647. The monoisotopic (exact) mass is 315 g/mol. The second kappa shape index (κ2) is 6.82. The van der Waals surface area contributed by atoms with E-state index in [1.165, 1.54) is 6.07 Å². The van der Waals surface area contributed by atoms with Crippen LogP contribution in [0.15, 0.2) is 22.7 Å². The van der Waals surface area contributed by atoms with Crippen molar-refractivity contribution in [1.29, 1.82) is 0 Å². The van der Waals surface area contributed by atoms with E-state index >= 15 is 0 Å². The topological polar surface area (TPSA) is 58.4 Å². The Hall–Kier alpha value is -0.980. The van der Waals surface area contributed by atoms with Gasteiger partial charge in [0, 0.05) is 35.7 Å². The minimum Gasteiger partial charge on any atom is -0.309 e. The van der Waals surface area contributed by atoms with Gasteiger partial charge in [0.1, 0.15) is 0 Å². The highest BCUT2D eigenvalue weighted by Gasteiger charge is 2.09.